The van der Waals surface area contributed by atoms with Gasteiger partial charge in [-0.15, -0.1) is 0 Å². The van der Waals surface area contributed by atoms with Gasteiger partial charge in [-0.25, -0.2) is 8.42 Å². The Morgan fingerprint density at radius 3 is 2.64 bits per heavy atom. The van der Waals surface area contributed by atoms with Crippen LogP contribution >= 0.6 is 15.9 Å². The average Bonchev–Trinajstić information content (AvgIpc) is 2.99. The second-order valence-corrected chi connectivity index (χ2v) is 9.00. The van der Waals surface area contributed by atoms with Gasteiger partial charge in [0.05, 0.1) is 18.6 Å². The fourth-order valence-electron chi connectivity index (χ4n) is 2.69. The van der Waals surface area contributed by atoms with Gasteiger partial charge in [0, 0.05) is 27.2 Å². The molecule has 148 valence electrons. The normalized spacial score (nSPS) is 11.4. The maximum atomic E-state index is 12.7. The van der Waals surface area contributed by atoms with Crippen molar-refractivity contribution in [3.8, 4) is 5.75 Å². The number of nitrogens with one attached hydrogen (secondary N) is 2. The number of anilines is 2. The first-order chi connectivity index (χ1) is 13.2. The van der Waals surface area contributed by atoms with Crippen molar-refractivity contribution >= 4 is 54.2 Å². The molecule has 9 heteroatoms. The van der Waals surface area contributed by atoms with Crippen molar-refractivity contribution < 1.29 is 22.4 Å². The van der Waals surface area contributed by atoms with E-state index >= 15 is 0 Å². The number of halogens is 1. The Bertz CT molecular complexity index is 1150. The summed E-state index contributed by atoms with van der Waals surface area (Å²) in [4.78, 5) is 12.7. The highest BCUT2D eigenvalue weighted by Gasteiger charge is 2.19. The Labute approximate surface area is 171 Å². The van der Waals surface area contributed by atoms with E-state index in [-0.39, 0.29) is 11.5 Å². The predicted molar refractivity (Wildman–Crippen MR) is 113 cm³/mol. The van der Waals surface area contributed by atoms with Gasteiger partial charge in [-0.2, -0.15) is 0 Å². The van der Waals surface area contributed by atoms with E-state index in [2.05, 4.69) is 26.0 Å². The lowest BCUT2D eigenvalue weighted by atomic mass is 10.1. The summed E-state index contributed by atoms with van der Waals surface area (Å²) in [6.45, 7) is 3.36. The van der Waals surface area contributed by atoms with Gasteiger partial charge in [0.2, 0.25) is 10.0 Å². The fourth-order valence-corrected chi connectivity index (χ4v) is 3.70. The molecule has 28 heavy (non-hydrogen) atoms. The number of hydrogen-bond donors (Lipinski definition) is 2. The topological polar surface area (TPSA) is 97.6 Å². The van der Waals surface area contributed by atoms with E-state index in [0.29, 0.717) is 22.7 Å². The molecule has 1 heterocycles. The SMILES string of the molecule is CCS(=O)(=O)Nc1ccc(NC(=O)c2oc3ccc(Br)cc3c2C)cc1OC. The average molecular weight is 467 g/mol. The van der Waals surface area contributed by atoms with Crippen molar-refractivity contribution in [1.82, 2.24) is 0 Å². The second-order valence-electron chi connectivity index (χ2n) is 6.07. The number of rotatable bonds is 6. The summed E-state index contributed by atoms with van der Waals surface area (Å²) in [6, 6.07) is 10.2. The van der Waals surface area contributed by atoms with Crippen molar-refractivity contribution in [1.29, 1.82) is 0 Å². The monoisotopic (exact) mass is 466 g/mol. The van der Waals surface area contributed by atoms with Crippen LogP contribution in [0, 0.1) is 6.92 Å². The third kappa shape index (κ3) is 4.15. The van der Waals surface area contributed by atoms with Crippen molar-refractivity contribution in [3.63, 3.8) is 0 Å². The number of carbonyl (C=O) groups excluding carboxylic acids is 1. The lowest BCUT2D eigenvalue weighted by molar-refractivity contribution is 0.0998. The smallest absolute Gasteiger partial charge is 0.291 e. The Balaban J connectivity index is 1.87. The van der Waals surface area contributed by atoms with E-state index in [0.717, 1.165) is 15.4 Å². The van der Waals surface area contributed by atoms with Gasteiger partial charge in [-0.05, 0) is 44.2 Å². The van der Waals surface area contributed by atoms with Crippen LogP contribution in [0.5, 0.6) is 5.75 Å². The van der Waals surface area contributed by atoms with Gasteiger partial charge >= 0.3 is 0 Å². The molecule has 2 N–H and O–H groups in total. The molecule has 0 saturated heterocycles. The summed E-state index contributed by atoms with van der Waals surface area (Å²) >= 11 is 3.41. The quantitative estimate of drug-likeness (QED) is 0.556. The molecule has 0 atom stereocenters. The van der Waals surface area contributed by atoms with E-state index in [1.807, 2.05) is 19.1 Å². The molecule has 0 unspecified atom stereocenters. The molecule has 0 aliphatic carbocycles. The summed E-state index contributed by atoms with van der Waals surface area (Å²) in [5.74, 6) is 0.0347. The summed E-state index contributed by atoms with van der Waals surface area (Å²) < 4.78 is 37.8. The summed E-state index contributed by atoms with van der Waals surface area (Å²) in [5, 5.41) is 3.60. The maximum absolute atomic E-state index is 12.7. The van der Waals surface area contributed by atoms with Crippen LogP contribution in [0.4, 0.5) is 11.4 Å². The molecular formula is C19H19BrN2O5S. The van der Waals surface area contributed by atoms with Gasteiger partial charge in [-0.3, -0.25) is 9.52 Å². The minimum Gasteiger partial charge on any atom is -0.494 e. The lowest BCUT2D eigenvalue weighted by Crippen LogP contribution is -2.16. The number of sulfonamides is 1. The number of amides is 1. The first kappa shape index (κ1) is 20.2. The third-order valence-corrected chi connectivity index (χ3v) is 5.99. The molecule has 0 radical (unpaired) electrons. The molecule has 0 spiro atoms. The number of fused-ring (bicyclic) bond motifs is 1. The van der Waals surface area contributed by atoms with Gasteiger partial charge < -0.3 is 14.5 Å². The predicted octanol–water partition coefficient (Wildman–Crippen LogP) is 4.53. The minimum absolute atomic E-state index is 0.0594. The Kier molecular flexibility index (Phi) is 5.66. The Hall–Kier alpha value is -2.52. The Morgan fingerprint density at radius 1 is 1.21 bits per heavy atom. The fraction of sp³-hybridized carbons (Fsp3) is 0.211. The first-order valence-electron chi connectivity index (χ1n) is 8.42. The number of ether oxygens (including phenoxy) is 1. The van der Waals surface area contributed by atoms with E-state index in [4.69, 9.17) is 9.15 Å². The lowest BCUT2D eigenvalue weighted by Gasteiger charge is -2.13. The zero-order valence-electron chi connectivity index (χ0n) is 15.5. The largest absolute Gasteiger partial charge is 0.494 e. The van der Waals surface area contributed by atoms with Crippen LogP contribution in [-0.2, 0) is 10.0 Å². The third-order valence-electron chi connectivity index (χ3n) is 4.21. The van der Waals surface area contributed by atoms with Gasteiger partial charge in [0.1, 0.15) is 11.3 Å². The van der Waals surface area contributed by atoms with Crippen LogP contribution in [0.3, 0.4) is 0 Å². The highest BCUT2D eigenvalue weighted by molar-refractivity contribution is 9.10. The molecule has 0 saturated carbocycles. The number of hydrogen-bond acceptors (Lipinski definition) is 5. The van der Waals surface area contributed by atoms with Crippen LogP contribution in [0.1, 0.15) is 23.0 Å². The van der Waals surface area contributed by atoms with E-state index in [9.17, 15) is 13.2 Å². The summed E-state index contributed by atoms with van der Waals surface area (Å²) in [5.41, 5.74) is 2.09. The minimum atomic E-state index is -3.44. The first-order valence-corrected chi connectivity index (χ1v) is 10.9. The zero-order chi connectivity index (χ0) is 20.5. The summed E-state index contributed by atoms with van der Waals surface area (Å²) in [6.07, 6.45) is 0. The highest BCUT2D eigenvalue weighted by Crippen LogP contribution is 2.31. The highest BCUT2D eigenvalue weighted by atomic mass is 79.9. The van der Waals surface area contributed by atoms with E-state index in [1.54, 1.807) is 18.2 Å². The van der Waals surface area contributed by atoms with Crippen molar-refractivity contribution in [2.45, 2.75) is 13.8 Å². The van der Waals surface area contributed by atoms with Crippen LogP contribution in [0.2, 0.25) is 0 Å². The van der Waals surface area contributed by atoms with Gasteiger partial charge in [-0.1, -0.05) is 15.9 Å². The molecule has 7 nitrogen and oxygen atoms in total. The van der Waals surface area contributed by atoms with Crippen LogP contribution in [0.25, 0.3) is 11.0 Å². The number of furan rings is 1. The van der Waals surface area contributed by atoms with Crippen molar-refractivity contribution in [2.75, 3.05) is 22.9 Å². The van der Waals surface area contributed by atoms with E-state index in [1.165, 1.54) is 20.1 Å². The molecule has 1 amide bonds. The standard InChI is InChI=1S/C19H19BrN2O5S/c1-4-28(24,25)22-15-7-6-13(10-17(15)26-3)21-19(23)18-11(2)14-9-12(20)5-8-16(14)27-18/h5-10,22H,4H2,1-3H3,(H,21,23). The van der Waals surface area contributed by atoms with Gasteiger partial charge in [0.25, 0.3) is 5.91 Å². The second kappa shape index (κ2) is 7.84. The molecule has 2 aromatic carbocycles. The Morgan fingerprint density at radius 2 is 1.96 bits per heavy atom. The number of aryl methyl sites for hydroxylation is 1. The molecule has 0 fully saturated rings. The van der Waals surface area contributed by atoms with Crippen molar-refractivity contribution in [3.05, 3.63) is 52.2 Å². The molecular weight excluding hydrogens is 448 g/mol. The van der Waals surface area contributed by atoms with E-state index < -0.39 is 15.9 Å². The van der Waals surface area contributed by atoms with Crippen LogP contribution in [-0.4, -0.2) is 27.2 Å². The maximum Gasteiger partial charge on any atom is 0.291 e. The molecule has 0 aliphatic rings. The van der Waals surface area contributed by atoms with Gasteiger partial charge in [0.15, 0.2) is 5.76 Å². The number of benzene rings is 2. The molecule has 1 aromatic heterocycles. The van der Waals surface area contributed by atoms with Crippen LogP contribution < -0.4 is 14.8 Å². The van der Waals surface area contributed by atoms with Crippen molar-refractivity contribution in [2.24, 2.45) is 0 Å². The van der Waals surface area contributed by atoms with Crippen LogP contribution in [0.15, 0.2) is 45.3 Å². The number of methoxy groups -OCH3 is 1. The summed E-state index contributed by atoms with van der Waals surface area (Å²) in [7, 11) is -2.02. The molecule has 3 rings (SSSR count). The molecule has 0 aliphatic heterocycles. The molecule has 0 bridgehead atoms. The molecule has 3 aromatic rings. The zero-order valence-corrected chi connectivity index (χ0v) is 17.9. The number of carbonyl (C=O) groups is 1.